The summed E-state index contributed by atoms with van der Waals surface area (Å²) in [6.07, 6.45) is 0. The van der Waals surface area contributed by atoms with Crippen molar-refractivity contribution in [2.24, 2.45) is 0 Å². The topological polar surface area (TPSA) is 49.9 Å². The molecule has 4 rings (SSSR count). The summed E-state index contributed by atoms with van der Waals surface area (Å²) in [4.78, 5) is 0. The average molecular weight is 430 g/mol. The Balaban J connectivity index is 1.52. The van der Waals surface area contributed by atoms with Gasteiger partial charge in [-0.2, -0.15) is 0 Å². The molecule has 0 bridgehead atoms. The van der Waals surface area contributed by atoms with Gasteiger partial charge in [0.2, 0.25) is 0 Å². The van der Waals surface area contributed by atoms with E-state index in [-0.39, 0.29) is 0 Å². The lowest BCUT2D eigenvalue weighted by molar-refractivity contribution is 0.0591. The first-order chi connectivity index (χ1) is 13.9. The highest BCUT2D eigenvalue weighted by Crippen LogP contribution is 2.48. The van der Waals surface area contributed by atoms with Crippen molar-refractivity contribution in [3.05, 3.63) is 0 Å². The van der Waals surface area contributed by atoms with Crippen molar-refractivity contribution in [1.29, 1.82) is 0 Å². The lowest BCUT2D eigenvalue weighted by Gasteiger charge is -2.41. The van der Waals surface area contributed by atoms with Gasteiger partial charge in [0, 0.05) is 52.4 Å². The van der Waals surface area contributed by atoms with Gasteiger partial charge >= 0.3 is 0 Å². The highest BCUT2D eigenvalue weighted by atomic mass is 31.1. The molecule has 28 heavy (non-hydrogen) atoms. The molecule has 0 aliphatic carbocycles. The van der Waals surface area contributed by atoms with Crippen LogP contribution in [0.2, 0.25) is 0 Å². The maximum atomic E-state index is 5.59. The number of nitrogens with zero attached hydrogens (tertiary/aromatic N) is 4. The molecule has 158 valence electrons. The average Bonchev–Trinajstić information content (AvgIpc) is 2.79. The van der Waals surface area contributed by atoms with Gasteiger partial charge in [0.25, 0.3) is 0 Å². The monoisotopic (exact) mass is 430 g/mol. The minimum Gasteiger partial charge on any atom is -0.379 e. The first kappa shape index (κ1) is 21.3. The first-order valence-electron chi connectivity index (χ1n) is 10.3. The molecule has 4 saturated heterocycles. The van der Waals surface area contributed by atoms with Crippen LogP contribution in [0.4, 0.5) is 0 Å². The summed E-state index contributed by atoms with van der Waals surface area (Å²) >= 11 is 0. The minimum atomic E-state index is -0.626. The van der Waals surface area contributed by atoms with Crippen LogP contribution < -0.4 is 0 Å². The second kappa shape index (κ2) is 11.5. The predicted molar refractivity (Wildman–Crippen MR) is 111 cm³/mol. The molecule has 10 heteroatoms. The Hall–Kier alpha value is 0.100. The van der Waals surface area contributed by atoms with Crippen LogP contribution in [-0.2, 0) is 18.9 Å². The highest BCUT2D eigenvalue weighted by Gasteiger charge is 2.30. The molecule has 4 aliphatic heterocycles. The van der Waals surface area contributed by atoms with E-state index in [0.29, 0.717) is 0 Å². The van der Waals surface area contributed by atoms with Crippen LogP contribution in [0.15, 0.2) is 0 Å². The summed E-state index contributed by atoms with van der Waals surface area (Å²) in [5.74, 6) is 0. The molecule has 8 nitrogen and oxygen atoms in total. The van der Waals surface area contributed by atoms with Crippen LogP contribution in [-0.4, -0.2) is 124 Å². The summed E-state index contributed by atoms with van der Waals surface area (Å²) in [5.41, 5.74) is 7.55. The van der Waals surface area contributed by atoms with Gasteiger partial charge in [0.1, 0.15) is 16.4 Å². The zero-order valence-electron chi connectivity index (χ0n) is 16.6. The van der Waals surface area contributed by atoms with Crippen molar-refractivity contribution in [3.63, 3.8) is 0 Å². The fourth-order valence-corrected chi connectivity index (χ4v) is 7.87. The van der Waals surface area contributed by atoms with Gasteiger partial charge in [0.05, 0.1) is 52.9 Å². The predicted octanol–water partition coefficient (Wildman–Crippen LogP) is 0.857. The van der Waals surface area contributed by atoms with E-state index in [4.69, 9.17) is 18.9 Å². The van der Waals surface area contributed by atoms with Crippen LogP contribution in [0, 0.1) is 11.3 Å². The minimum absolute atomic E-state index is 0.626. The van der Waals surface area contributed by atoms with Crippen LogP contribution in [0.25, 0.3) is 0 Å². The normalized spacial score (nSPS) is 27.1. The second-order valence-corrected chi connectivity index (χ2v) is 10.9. The van der Waals surface area contributed by atoms with Crippen molar-refractivity contribution < 1.29 is 18.9 Å². The Morgan fingerprint density at radius 1 is 0.393 bits per heavy atom. The van der Waals surface area contributed by atoms with E-state index in [9.17, 15) is 0 Å². The lowest BCUT2D eigenvalue weighted by atomic mass is 10.5. The first-order valence-corrected chi connectivity index (χ1v) is 12.8. The number of hydrogen-bond donors (Lipinski definition) is 0. The number of morpholine rings is 4. The molecule has 0 atom stereocenters. The Labute approximate surface area is 171 Å². The molecule has 0 spiro atoms. The third-order valence-corrected chi connectivity index (χ3v) is 9.81. The van der Waals surface area contributed by atoms with Crippen molar-refractivity contribution >= 4 is 16.4 Å². The molecule has 4 aliphatic rings. The summed E-state index contributed by atoms with van der Waals surface area (Å²) in [7, 11) is -1.25. The van der Waals surface area contributed by atoms with Crippen LogP contribution in [0.3, 0.4) is 0 Å². The molecule has 0 aromatic heterocycles. The summed E-state index contributed by atoms with van der Waals surface area (Å²) in [6.45, 7) is 14.3. The molecular formula is C18H32N4O4P2. The molecule has 0 amide bonds. The second-order valence-electron chi connectivity index (χ2n) is 7.07. The number of ether oxygens (including phenoxy) is 4. The summed E-state index contributed by atoms with van der Waals surface area (Å²) in [6, 6.07) is 0. The maximum Gasteiger partial charge on any atom is 0.122 e. The number of rotatable bonds is 4. The van der Waals surface area contributed by atoms with Crippen molar-refractivity contribution in [2.75, 3.05) is 105 Å². The quantitative estimate of drug-likeness (QED) is 0.481. The van der Waals surface area contributed by atoms with E-state index < -0.39 is 16.4 Å². The largest absolute Gasteiger partial charge is 0.379 e. The van der Waals surface area contributed by atoms with E-state index in [1.807, 2.05) is 0 Å². The standard InChI is InChI=1S/C18H32N4O4P2/c1-9-23-10-2-19(1)27(20-3-11-24-12-4-20)17-18-28(21-5-13-25-14-6-21)22-7-15-26-16-8-22/h1-16H2. The molecule has 4 heterocycles. The Kier molecular flexibility index (Phi) is 8.75. The molecule has 0 aromatic carbocycles. The van der Waals surface area contributed by atoms with Crippen molar-refractivity contribution in [1.82, 2.24) is 18.7 Å². The fraction of sp³-hybridized carbons (Fsp3) is 0.889. The van der Waals surface area contributed by atoms with Crippen molar-refractivity contribution in [2.45, 2.75) is 0 Å². The van der Waals surface area contributed by atoms with Gasteiger partial charge in [-0.3, -0.25) is 18.7 Å². The zero-order chi connectivity index (χ0) is 19.0. The Bertz CT molecular complexity index is 445. The maximum absolute atomic E-state index is 5.59. The summed E-state index contributed by atoms with van der Waals surface area (Å²) in [5, 5.41) is 0. The van der Waals surface area contributed by atoms with Gasteiger partial charge in [-0.05, 0) is 11.3 Å². The fourth-order valence-electron chi connectivity index (χ4n) is 3.70. The smallest absolute Gasteiger partial charge is 0.122 e. The Morgan fingerprint density at radius 2 is 0.607 bits per heavy atom. The van der Waals surface area contributed by atoms with Gasteiger partial charge in [-0.15, -0.1) is 0 Å². The number of hydrogen-bond acceptors (Lipinski definition) is 8. The zero-order valence-corrected chi connectivity index (χ0v) is 18.4. The van der Waals surface area contributed by atoms with Crippen LogP contribution in [0.5, 0.6) is 0 Å². The molecule has 4 fully saturated rings. The van der Waals surface area contributed by atoms with Gasteiger partial charge < -0.3 is 18.9 Å². The van der Waals surface area contributed by atoms with E-state index in [1.165, 1.54) is 0 Å². The molecule has 0 radical (unpaired) electrons. The van der Waals surface area contributed by atoms with E-state index >= 15 is 0 Å². The molecule has 0 saturated carbocycles. The molecule has 0 N–H and O–H groups in total. The van der Waals surface area contributed by atoms with Crippen LogP contribution >= 0.6 is 16.4 Å². The highest BCUT2D eigenvalue weighted by molar-refractivity contribution is 7.62. The lowest BCUT2D eigenvalue weighted by Crippen LogP contribution is -2.41. The van der Waals surface area contributed by atoms with E-state index in [0.717, 1.165) is 105 Å². The van der Waals surface area contributed by atoms with E-state index in [1.54, 1.807) is 0 Å². The summed E-state index contributed by atoms with van der Waals surface area (Å²) < 4.78 is 32.5. The van der Waals surface area contributed by atoms with E-state index in [2.05, 4.69) is 30.0 Å². The van der Waals surface area contributed by atoms with Gasteiger partial charge in [-0.25, -0.2) is 0 Å². The van der Waals surface area contributed by atoms with Crippen LogP contribution in [0.1, 0.15) is 0 Å². The SMILES string of the molecule is C(#CP(N1CCOCC1)N1CCOCC1)P(N1CCOCC1)N1CCOCC1. The van der Waals surface area contributed by atoms with Crippen molar-refractivity contribution in [3.8, 4) is 11.3 Å². The third kappa shape index (κ3) is 5.83. The van der Waals surface area contributed by atoms with Gasteiger partial charge in [0.15, 0.2) is 0 Å². The molecule has 0 aromatic rings. The van der Waals surface area contributed by atoms with Gasteiger partial charge in [-0.1, -0.05) is 0 Å². The third-order valence-electron chi connectivity index (χ3n) is 5.27. The molecular weight excluding hydrogens is 398 g/mol. The molecule has 0 unspecified atom stereocenters. The Morgan fingerprint density at radius 3 is 0.821 bits per heavy atom.